The average molecular weight is 523 g/mol. The molecule has 1 N–H and O–H groups in total. The van der Waals surface area contributed by atoms with Crippen LogP contribution >= 0.6 is 0 Å². The van der Waals surface area contributed by atoms with E-state index < -0.39 is 45.3 Å². The van der Waals surface area contributed by atoms with Gasteiger partial charge in [-0.1, -0.05) is 6.07 Å². The molecule has 3 aromatic rings. The minimum Gasteiger partial charge on any atom is -0.443 e. The molecule has 0 fully saturated rings. The third-order valence-corrected chi connectivity index (χ3v) is 5.60. The van der Waals surface area contributed by atoms with Crippen LogP contribution < -0.4 is 0 Å². The Hall–Kier alpha value is -3.89. The highest BCUT2D eigenvalue weighted by atomic mass is 32.2. The van der Waals surface area contributed by atoms with Crippen molar-refractivity contribution in [3.8, 4) is 6.07 Å². The van der Waals surface area contributed by atoms with Crippen molar-refractivity contribution >= 4 is 38.4 Å². The van der Waals surface area contributed by atoms with Crippen LogP contribution in [0, 0.1) is 11.3 Å². The molecular weight excluding hydrogens is 503 g/mol. The summed E-state index contributed by atoms with van der Waals surface area (Å²) in [6.07, 6.45) is 2.57. The van der Waals surface area contributed by atoms with Gasteiger partial charge in [-0.2, -0.15) is 26.9 Å². The van der Waals surface area contributed by atoms with Crippen molar-refractivity contribution in [1.29, 1.82) is 5.26 Å². The summed E-state index contributed by atoms with van der Waals surface area (Å²) in [4.78, 5) is 16.6. The number of fused-ring (bicyclic) bond motifs is 1. The molecule has 0 saturated heterocycles. The normalized spacial score (nSPS) is 13.2. The summed E-state index contributed by atoms with van der Waals surface area (Å²) < 4.78 is 74.1. The second-order valence-corrected chi connectivity index (χ2v) is 9.98. The van der Waals surface area contributed by atoms with Gasteiger partial charge in [0.25, 0.3) is 0 Å². The number of pyridine rings is 1. The summed E-state index contributed by atoms with van der Waals surface area (Å²) >= 11 is 0. The fraction of sp³-hybridized carbons (Fsp3) is 0.261. The second kappa shape index (κ2) is 9.63. The zero-order valence-corrected chi connectivity index (χ0v) is 20.0. The van der Waals surface area contributed by atoms with Gasteiger partial charge in [0, 0.05) is 35.1 Å². The Labute approximate surface area is 204 Å². The van der Waals surface area contributed by atoms with E-state index >= 15 is 0 Å². The topological polar surface area (TPSA) is 132 Å². The van der Waals surface area contributed by atoms with Crippen molar-refractivity contribution in [2.24, 2.45) is 0 Å². The molecule has 3 rings (SSSR count). The molecule has 0 spiro atoms. The largest absolute Gasteiger partial charge is 0.534 e. The molecule has 0 bridgehead atoms. The first kappa shape index (κ1) is 26.7. The maximum atomic E-state index is 13.2. The summed E-state index contributed by atoms with van der Waals surface area (Å²) in [5.41, 5.74) is -7.14. The number of halogens is 3. The van der Waals surface area contributed by atoms with Gasteiger partial charge in [-0.15, -0.1) is 0 Å². The summed E-state index contributed by atoms with van der Waals surface area (Å²) in [7, 11) is -6.18. The lowest BCUT2D eigenvalue weighted by Crippen LogP contribution is -2.26. The number of hydrogen-bond donors (Lipinski definition) is 1. The summed E-state index contributed by atoms with van der Waals surface area (Å²) in [5, 5.41) is 19.7. The molecule has 190 valence electrons. The molecule has 0 aliphatic heterocycles. The number of benzene rings is 1. The van der Waals surface area contributed by atoms with E-state index in [2.05, 4.69) is 9.17 Å². The van der Waals surface area contributed by atoms with Crippen LogP contribution in [0.4, 0.5) is 18.0 Å². The lowest BCUT2D eigenvalue weighted by atomic mass is 10.0. The second-order valence-electron chi connectivity index (χ2n) is 8.44. The van der Waals surface area contributed by atoms with Crippen molar-refractivity contribution in [3.05, 3.63) is 65.6 Å². The first-order chi connectivity index (χ1) is 16.7. The van der Waals surface area contributed by atoms with E-state index in [1.807, 2.05) is 0 Å². The van der Waals surface area contributed by atoms with E-state index in [9.17, 15) is 36.8 Å². The molecule has 2 aromatic heterocycles. The predicted molar refractivity (Wildman–Crippen MR) is 122 cm³/mol. The molecule has 13 heteroatoms. The number of allylic oxidation sites excluding steroid dienone is 1. The third-order valence-electron chi connectivity index (χ3n) is 4.65. The summed E-state index contributed by atoms with van der Waals surface area (Å²) in [6.45, 7) is 4.45. The SMILES string of the molecule is CC(C)(C)OC(=O)n1cc(C(C#N)=C(OS(=O)(=O)C(F)(F)F)c2cccnc2)c2cc(CO)ccc21. The van der Waals surface area contributed by atoms with Crippen LogP contribution in [0.25, 0.3) is 22.2 Å². The lowest BCUT2D eigenvalue weighted by molar-refractivity contribution is -0.0509. The maximum absolute atomic E-state index is 13.2. The van der Waals surface area contributed by atoms with Crippen molar-refractivity contribution in [2.45, 2.75) is 38.5 Å². The number of hydrogen-bond acceptors (Lipinski definition) is 8. The highest BCUT2D eigenvalue weighted by Gasteiger charge is 2.49. The molecule has 36 heavy (non-hydrogen) atoms. The van der Waals surface area contributed by atoms with E-state index in [0.29, 0.717) is 5.56 Å². The zero-order valence-electron chi connectivity index (χ0n) is 19.2. The maximum Gasteiger partial charge on any atom is 0.534 e. The molecule has 2 heterocycles. The van der Waals surface area contributed by atoms with Gasteiger partial charge in [-0.25, -0.2) is 4.79 Å². The molecule has 1 aromatic carbocycles. The quantitative estimate of drug-likeness (QED) is 0.223. The van der Waals surface area contributed by atoms with Gasteiger partial charge in [0.05, 0.1) is 12.1 Å². The van der Waals surface area contributed by atoms with Crippen LogP contribution in [0.3, 0.4) is 0 Å². The van der Waals surface area contributed by atoms with Gasteiger partial charge in [0.2, 0.25) is 0 Å². The highest BCUT2D eigenvalue weighted by molar-refractivity contribution is 7.87. The monoisotopic (exact) mass is 523 g/mol. The number of aliphatic hydroxyl groups is 1. The van der Waals surface area contributed by atoms with Crippen molar-refractivity contribution in [3.63, 3.8) is 0 Å². The third kappa shape index (κ3) is 5.50. The zero-order chi connectivity index (χ0) is 26.9. The summed E-state index contributed by atoms with van der Waals surface area (Å²) in [5.74, 6) is -0.944. The average Bonchev–Trinajstić information content (AvgIpc) is 3.16. The van der Waals surface area contributed by atoms with Gasteiger partial charge in [-0.05, 0) is 50.6 Å². The molecule has 0 radical (unpaired) electrons. The van der Waals surface area contributed by atoms with Gasteiger partial charge >= 0.3 is 21.7 Å². The number of carbonyl (C=O) groups is 1. The fourth-order valence-electron chi connectivity index (χ4n) is 3.16. The Morgan fingerprint density at radius 1 is 1.22 bits per heavy atom. The minimum absolute atomic E-state index is 0.134. The lowest BCUT2D eigenvalue weighted by Gasteiger charge is -2.19. The fourth-order valence-corrected chi connectivity index (χ4v) is 3.65. The van der Waals surface area contributed by atoms with Crippen molar-refractivity contribution in [1.82, 2.24) is 9.55 Å². The number of nitriles is 1. The van der Waals surface area contributed by atoms with E-state index in [4.69, 9.17) is 4.74 Å². The first-order valence-electron chi connectivity index (χ1n) is 10.2. The Bertz CT molecular complexity index is 1480. The van der Waals surface area contributed by atoms with E-state index in [0.717, 1.165) is 17.0 Å². The Balaban J connectivity index is 2.39. The standard InChI is InChI=1S/C23H20F3N3O6S/c1-22(2,3)34-21(31)29-12-18(16-9-14(13-30)6-7-19(16)29)17(10-27)20(15-5-4-8-28-11-15)35-36(32,33)23(24,25)26/h4-9,11-12,30H,13H2,1-3H3. The molecule has 0 atom stereocenters. The molecule has 0 amide bonds. The highest BCUT2D eigenvalue weighted by Crippen LogP contribution is 2.37. The van der Waals surface area contributed by atoms with Crippen molar-refractivity contribution in [2.75, 3.05) is 0 Å². The first-order valence-corrected chi connectivity index (χ1v) is 11.6. The number of ether oxygens (including phenoxy) is 1. The van der Waals surface area contributed by atoms with E-state index in [-0.39, 0.29) is 22.0 Å². The Kier molecular flexibility index (Phi) is 7.15. The van der Waals surface area contributed by atoms with Crippen LogP contribution in [0.1, 0.15) is 37.5 Å². The number of rotatable bonds is 5. The molecule has 0 saturated carbocycles. The Morgan fingerprint density at radius 3 is 2.44 bits per heavy atom. The summed E-state index contributed by atoms with van der Waals surface area (Å²) in [6, 6.07) is 8.55. The number of aromatic nitrogens is 2. The number of alkyl halides is 3. The molecule has 0 aliphatic carbocycles. The van der Waals surface area contributed by atoms with Crippen molar-refractivity contribution < 1.29 is 40.4 Å². The van der Waals surface area contributed by atoms with Crippen LogP contribution in [0.15, 0.2) is 48.9 Å². The van der Waals surface area contributed by atoms with Gasteiger partial charge in [0.15, 0.2) is 5.76 Å². The molecule has 0 aliphatic rings. The van der Waals surface area contributed by atoms with Gasteiger partial charge < -0.3 is 14.0 Å². The number of aliphatic hydroxyl groups excluding tert-OH is 1. The molecule has 0 unspecified atom stereocenters. The van der Waals surface area contributed by atoms with Crippen LogP contribution in [0.2, 0.25) is 0 Å². The minimum atomic E-state index is -6.18. The van der Waals surface area contributed by atoms with E-state index in [1.54, 1.807) is 26.8 Å². The Morgan fingerprint density at radius 2 is 1.92 bits per heavy atom. The van der Waals surface area contributed by atoms with E-state index in [1.165, 1.54) is 36.5 Å². The van der Waals surface area contributed by atoms with Gasteiger partial charge in [-0.3, -0.25) is 9.55 Å². The predicted octanol–water partition coefficient (Wildman–Crippen LogP) is 4.57. The molecule has 9 nitrogen and oxygen atoms in total. The van der Waals surface area contributed by atoms with Crippen LogP contribution in [-0.4, -0.2) is 40.3 Å². The number of carbonyl (C=O) groups excluding carboxylic acids is 1. The van der Waals surface area contributed by atoms with Crippen LogP contribution in [-0.2, 0) is 25.6 Å². The molecular formula is C23H20F3N3O6S. The smallest absolute Gasteiger partial charge is 0.443 e. The van der Waals surface area contributed by atoms with Crippen LogP contribution in [0.5, 0.6) is 0 Å². The van der Waals surface area contributed by atoms with Gasteiger partial charge in [0.1, 0.15) is 17.2 Å². The number of nitrogens with zero attached hydrogens (tertiary/aromatic N) is 3.